The average Bonchev–Trinajstić information content (AvgIpc) is 2.61. The number of hydrogen-bond donors (Lipinski definition) is 2. The Balaban J connectivity index is 1.43. The standard InChI is InChI=1S/C18H19N3O4/c1-12-5-4-8-16(20-12)21-17(22)9-10-19-18(23)15-11-24-13-6-2-3-7-14(13)25-15/h2-8,15H,9-11H2,1H3,(H,19,23)(H,20,21,22). The monoisotopic (exact) mass is 341 g/mol. The number of amides is 2. The molecule has 1 aromatic heterocycles. The molecule has 1 aliphatic rings. The molecule has 1 aromatic carbocycles. The van der Waals surface area contributed by atoms with Crippen LogP contribution in [0.3, 0.4) is 0 Å². The average molecular weight is 341 g/mol. The fourth-order valence-electron chi connectivity index (χ4n) is 2.38. The maximum Gasteiger partial charge on any atom is 0.264 e. The molecule has 0 saturated carbocycles. The number of aromatic nitrogens is 1. The van der Waals surface area contributed by atoms with Crippen LogP contribution in [-0.2, 0) is 9.59 Å². The number of benzene rings is 1. The number of nitrogens with one attached hydrogen (secondary N) is 2. The Labute approximate surface area is 145 Å². The fourth-order valence-corrected chi connectivity index (χ4v) is 2.38. The number of anilines is 1. The Morgan fingerprint density at radius 3 is 2.76 bits per heavy atom. The highest BCUT2D eigenvalue weighted by Crippen LogP contribution is 2.30. The van der Waals surface area contributed by atoms with Gasteiger partial charge in [0.05, 0.1) is 0 Å². The normalized spacial score (nSPS) is 15.3. The van der Waals surface area contributed by atoms with Crippen LogP contribution in [0.1, 0.15) is 12.1 Å². The molecule has 0 saturated heterocycles. The number of ether oxygens (including phenoxy) is 2. The van der Waals surface area contributed by atoms with Gasteiger partial charge < -0.3 is 20.1 Å². The van der Waals surface area contributed by atoms with Crippen LogP contribution in [0.25, 0.3) is 0 Å². The van der Waals surface area contributed by atoms with E-state index in [1.807, 2.05) is 31.2 Å². The van der Waals surface area contributed by atoms with E-state index in [-0.39, 0.29) is 31.4 Å². The largest absolute Gasteiger partial charge is 0.485 e. The fraction of sp³-hybridized carbons (Fsp3) is 0.278. The summed E-state index contributed by atoms with van der Waals surface area (Å²) in [6.07, 6.45) is -0.581. The Kier molecular flexibility index (Phi) is 5.13. The third-order valence-electron chi connectivity index (χ3n) is 3.61. The van der Waals surface area contributed by atoms with Crippen LogP contribution < -0.4 is 20.1 Å². The molecule has 1 atom stereocenters. The molecule has 2 amide bonds. The number of carbonyl (C=O) groups is 2. The molecular formula is C18H19N3O4. The third kappa shape index (κ3) is 4.47. The van der Waals surface area contributed by atoms with Crippen LogP contribution >= 0.6 is 0 Å². The van der Waals surface area contributed by atoms with Gasteiger partial charge >= 0.3 is 0 Å². The summed E-state index contributed by atoms with van der Waals surface area (Å²) in [6.45, 7) is 2.19. The van der Waals surface area contributed by atoms with E-state index < -0.39 is 6.10 Å². The second-order valence-electron chi connectivity index (χ2n) is 5.62. The lowest BCUT2D eigenvalue weighted by atomic mass is 10.2. The summed E-state index contributed by atoms with van der Waals surface area (Å²) in [6, 6.07) is 12.6. The number of fused-ring (bicyclic) bond motifs is 1. The molecule has 2 aromatic rings. The summed E-state index contributed by atoms with van der Waals surface area (Å²) >= 11 is 0. The van der Waals surface area contributed by atoms with Gasteiger partial charge in [0.1, 0.15) is 12.4 Å². The number of nitrogens with zero attached hydrogens (tertiary/aromatic N) is 1. The zero-order valence-corrected chi connectivity index (χ0v) is 13.8. The first-order chi connectivity index (χ1) is 12.1. The van der Waals surface area contributed by atoms with Crippen molar-refractivity contribution in [1.82, 2.24) is 10.3 Å². The van der Waals surface area contributed by atoms with E-state index in [0.29, 0.717) is 17.3 Å². The lowest BCUT2D eigenvalue weighted by Gasteiger charge is -2.25. The van der Waals surface area contributed by atoms with E-state index in [9.17, 15) is 9.59 Å². The van der Waals surface area contributed by atoms with Gasteiger partial charge in [-0.25, -0.2) is 4.98 Å². The van der Waals surface area contributed by atoms with Gasteiger partial charge in [-0.2, -0.15) is 0 Å². The summed E-state index contributed by atoms with van der Waals surface area (Å²) in [7, 11) is 0. The number of rotatable bonds is 5. The number of pyridine rings is 1. The van der Waals surface area contributed by atoms with Crippen molar-refractivity contribution in [2.75, 3.05) is 18.5 Å². The Hall–Kier alpha value is -3.09. The van der Waals surface area contributed by atoms with Gasteiger partial charge in [-0.3, -0.25) is 9.59 Å². The number of hydrogen-bond acceptors (Lipinski definition) is 5. The smallest absolute Gasteiger partial charge is 0.264 e. The highest BCUT2D eigenvalue weighted by Gasteiger charge is 2.26. The molecule has 0 radical (unpaired) electrons. The van der Waals surface area contributed by atoms with Crippen molar-refractivity contribution >= 4 is 17.6 Å². The summed E-state index contributed by atoms with van der Waals surface area (Å²) in [4.78, 5) is 28.2. The zero-order valence-electron chi connectivity index (χ0n) is 13.8. The molecule has 130 valence electrons. The molecule has 7 heteroatoms. The van der Waals surface area contributed by atoms with Gasteiger partial charge in [0.2, 0.25) is 12.0 Å². The van der Waals surface area contributed by atoms with E-state index >= 15 is 0 Å². The van der Waals surface area contributed by atoms with Gasteiger partial charge in [-0.15, -0.1) is 0 Å². The molecule has 3 rings (SSSR count). The number of para-hydroxylation sites is 2. The quantitative estimate of drug-likeness (QED) is 0.863. The molecule has 2 heterocycles. The van der Waals surface area contributed by atoms with Crippen molar-refractivity contribution in [1.29, 1.82) is 0 Å². The second-order valence-corrected chi connectivity index (χ2v) is 5.62. The minimum atomic E-state index is -0.726. The lowest BCUT2D eigenvalue weighted by molar-refractivity contribution is -0.130. The molecule has 1 aliphatic heterocycles. The van der Waals surface area contributed by atoms with Crippen LogP contribution in [0.4, 0.5) is 5.82 Å². The first-order valence-corrected chi connectivity index (χ1v) is 8.01. The molecule has 7 nitrogen and oxygen atoms in total. The second kappa shape index (κ2) is 7.65. The SMILES string of the molecule is Cc1cccc(NC(=O)CCNC(=O)C2COc3ccccc3O2)n1. The highest BCUT2D eigenvalue weighted by molar-refractivity contribution is 5.90. The van der Waals surface area contributed by atoms with Crippen LogP contribution in [-0.4, -0.2) is 36.1 Å². The van der Waals surface area contributed by atoms with Crippen molar-refractivity contribution in [2.24, 2.45) is 0 Å². The van der Waals surface area contributed by atoms with Crippen molar-refractivity contribution in [3.63, 3.8) is 0 Å². The number of carbonyl (C=O) groups excluding carboxylic acids is 2. The van der Waals surface area contributed by atoms with Crippen molar-refractivity contribution in [3.05, 3.63) is 48.2 Å². The van der Waals surface area contributed by atoms with E-state index in [2.05, 4.69) is 15.6 Å². The Morgan fingerprint density at radius 1 is 1.16 bits per heavy atom. The summed E-state index contributed by atoms with van der Waals surface area (Å²) in [5, 5.41) is 5.38. The molecule has 0 fully saturated rings. The predicted octanol–water partition coefficient (Wildman–Crippen LogP) is 1.67. The first-order valence-electron chi connectivity index (χ1n) is 8.01. The maximum absolute atomic E-state index is 12.1. The van der Waals surface area contributed by atoms with Crippen LogP contribution in [0.2, 0.25) is 0 Å². The predicted molar refractivity (Wildman–Crippen MR) is 91.6 cm³/mol. The van der Waals surface area contributed by atoms with Gasteiger partial charge in [-0.05, 0) is 31.2 Å². The zero-order chi connectivity index (χ0) is 17.6. The topological polar surface area (TPSA) is 89.6 Å². The van der Waals surface area contributed by atoms with Gasteiger partial charge in [0, 0.05) is 18.7 Å². The molecule has 1 unspecified atom stereocenters. The molecular weight excluding hydrogens is 322 g/mol. The Morgan fingerprint density at radius 2 is 1.96 bits per heavy atom. The number of aryl methyl sites for hydroxylation is 1. The van der Waals surface area contributed by atoms with E-state index in [0.717, 1.165) is 5.69 Å². The summed E-state index contributed by atoms with van der Waals surface area (Å²) in [5.74, 6) is 1.13. The minimum absolute atomic E-state index is 0.141. The highest BCUT2D eigenvalue weighted by atomic mass is 16.6. The molecule has 25 heavy (non-hydrogen) atoms. The lowest BCUT2D eigenvalue weighted by Crippen LogP contribution is -2.44. The van der Waals surface area contributed by atoms with Crippen molar-refractivity contribution in [3.8, 4) is 11.5 Å². The summed E-state index contributed by atoms with van der Waals surface area (Å²) < 4.78 is 11.1. The molecule has 0 spiro atoms. The van der Waals surface area contributed by atoms with E-state index in [1.54, 1.807) is 18.2 Å². The van der Waals surface area contributed by atoms with Crippen molar-refractivity contribution < 1.29 is 19.1 Å². The first kappa shape index (κ1) is 16.8. The van der Waals surface area contributed by atoms with Gasteiger partial charge in [0.25, 0.3) is 5.91 Å². The van der Waals surface area contributed by atoms with Crippen LogP contribution in [0, 0.1) is 6.92 Å². The third-order valence-corrected chi connectivity index (χ3v) is 3.61. The van der Waals surface area contributed by atoms with Crippen LogP contribution in [0.5, 0.6) is 11.5 Å². The molecule has 0 aliphatic carbocycles. The van der Waals surface area contributed by atoms with Crippen molar-refractivity contribution in [2.45, 2.75) is 19.4 Å². The van der Waals surface area contributed by atoms with E-state index in [4.69, 9.17) is 9.47 Å². The Bertz CT molecular complexity index is 778. The minimum Gasteiger partial charge on any atom is -0.485 e. The van der Waals surface area contributed by atoms with Crippen LogP contribution in [0.15, 0.2) is 42.5 Å². The summed E-state index contributed by atoms with van der Waals surface area (Å²) in [5.41, 5.74) is 0.820. The maximum atomic E-state index is 12.1. The molecule has 2 N–H and O–H groups in total. The molecule has 0 bridgehead atoms. The van der Waals surface area contributed by atoms with Gasteiger partial charge in [0.15, 0.2) is 11.5 Å². The van der Waals surface area contributed by atoms with Gasteiger partial charge in [-0.1, -0.05) is 18.2 Å². The van der Waals surface area contributed by atoms with E-state index in [1.165, 1.54) is 0 Å².